The first-order valence-corrected chi connectivity index (χ1v) is 8.84. The van der Waals surface area contributed by atoms with Gasteiger partial charge in [-0.2, -0.15) is 0 Å². The summed E-state index contributed by atoms with van der Waals surface area (Å²) in [6.07, 6.45) is 7.88. The molecule has 1 amide bonds. The van der Waals surface area contributed by atoms with Gasteiger partial charge in [0, 0.05) is 26.3 Å². The molecule has 1 saturated carbocycles. The van der Waals surface area contributed by atoms with E-state index >= 15 is 0 Å². The van der Waals surface area contributed by atoms with E-state index in [1.165, 1.54) is 19.3 Å². The first-order chi connectivity index (χ1) is 10.2. The number of hydrogen-bond acceptors (Lipinski definition) is 3. The Hall–Kier alpha value is -0.610. The van der Waals surface area contributed by atoms with Crippen molar-refractivity contribution in [1.29, 1.82) is 0 Å². The second-order valence-corrected chi connectivity index (χ2v) is 6.56. The van der Waals surface area contributed by atoms with Crippen LogP contribution < -0.4 is 5.32 Å². The molecule has 4 heteroatoms. The van der Waals surface area contributed by atoms with Crippen molar-refractivity contribution in [3.63, 3.8) is 0 Å². The van der Waals surface area contributed by atoms with Gasteiger partial charge in [-0.3, -0.25) is 4.79 Å². The normalized spacial score (nSPS) is 23.0. The van der Waals surface area contributed by atoms with Crippen LogP contribution >= 0.6 is 0 Å². The maximum atomic E-state index is 13.0. The topological polar surface area (TPSA) is 41.6 Å². The summed E-state index contributed by atoms with van der Waals surface area (Å²) in [5, 5.41) is 3.71. The fourth-order valence-corrected chi connectivity index (χ4v) is 3.73. The molecule has 0 atom stereocenters. The molecule has 1 N–H and O–H groups in total. The molecule has 0 aromatic heterocycles. The van der Waals surface area contributed by atoms with Crippen LogP contribution in [0.15, 0.2) is 0 Å². The van der Waals surface area contributed by atoms with Gasteiger partial charge in [-0.25, -0.2) is 0 Å². The summed E-state index contributed by atoms with van der Waals surface area (Å²) in [7, 11) is 0. The van der Waals surface area contributed by atoms with Gasteiger partial charge in [-0.15, -0.1) is 0 Å². The van der Waals surface area contributed by atoms with Crippen molar-refractivity contribution in [1.82, 2.24) is 10.2 Å². The van der Waals surface area contributed by atoms with E-state index in [9.17, 15) is 4.79 Å². The van der Waals surface area contributed by atoms with Crippen molar-refractivity contribution in [3.05, 3.63) is 0 Å². The molecule has 1 heterocycles. The van der Waals surface area contributed by atoms with Crippen LogP contribution in [0.25, 0.3) is 0 Å². The summed E-state index contributed by atoms with van der Waals surface area (Å²) in [6, 6.07) is 0. The van der Waals surface area contributed by atoms with Crippen molar-refractivity contribution in [2.75, 3.05) is 32.8 Å². The maximum Gasteiger partial charge on any atom is 0.242 e. The Morgan fingerprint density at radius 2 is 1.76 bits per heavy atom. The van der Waals surface area contributed by atoms with Crippen LogP contribution in [-0.2, 0) is 9.53 Å². The number of carbonyl (C=O) groups excluding carboxylic acids is 1. The lowest BCUT2D eigenvalue weighted by Crippen LogP contribution is -2.60. The van der Waals surface area contributed by atoms with Gasteiger partial charge in [0.2, 0.25) is 5.91 Å². The highest BCUT2D eigenvalue weighted by molar-refractivity contribution is 5.86. The summed E-state index contributed by atoms with van der Waals surface area (Å²) in [5.41, 5.74) is -0.289. The Bertz CT molecular complexity index is 317. The summed E-state index contributed by atoms with van der Waals surface area (Å²) in [5.74, 6) is 1.00. The zero-order chi connectivity index (χ0) is 15.1. The van der Waals surface area contributed by atoms with E-state index in [-0.39, 0.29) is 5.54 Å². The quantitative estimate of drug-likeness (QED) is 0.819. The van der Waals surface area contributed by atoms with Gasteiger partial charge in [0.15, 0.2) is 0 Å². The highest BCUT2D eigenvalue weighted by atomic mass is 16.5. The molecule has 1 saturated heterocycles. The Morgan fingerprint density at radius 3 is 2.33 bits per heavy atom. The lowest BCUT2D eigenvalue weighted by atomic mass is 9.79. The van der Waals surface area contributed by atoms with Gasteiger partial charge in [0.25, 0.3) is 0 Å². The van der Waals surface area contributed by atoms with Gasteiger partial charge in [0.1, 0.15) is 0 Å². The molecule has 4 nitrogen and oxygen atoms in total. The smallest absolute Gasteiger partial charge is 0.242 e. The molecule has 21 heavy (non-hydrogen) atoms. The minimum absolute atomic E-state index is 0.289. The van der Waals surface area contributed by atoms with Crippen LogP contribution in [0.2, 0.25) is 0 Å². The van der Waals surface area contributed by atoms with Crippen molar-refractivity contribution >= 4 is 5.91 Å². The Kier molecular flexibility index (Phi) is 6.49. The predicted molar refractivity (Wildman–Crippen MR) is 85.3 cm³/mol. The molecule has 122 valence electrons. The van der Waals surface area contributed by atoms with E-state index in [0.29, 0.717) is 11.8 Å². The van der Waals surface area contributed by atoms with E-state index in [1.807, 2.05) is 4.90 Å². The number of rotatable bonds is 6. The van der Waals surface area contributed by atoms with Crippen LogP contribution in [0.5, 0.6) is 0 Å². The summed E-state index contributed by atoms with van der Waals surface area (Å²) in [6.45, 7) is 8.52. The summed E-state index contributed by atoms with van der Waals surface area (Å²) in [4.78, 5) is 15.0. The van der Waals surface area contributed by atoms with Crippen LogP contribution in [0, 0.1) is 5.92 Å². The number of hydrogen-bond donors (Lipinski definition) is 1. The summed E-state index contributed by atoms with van der Waals surface area (Å²) < 4.78 is 5.43. The lowest BCUT2D eigenvalue weighted by molar-refractivity contribution is -0.139. The molecule has 2 fully saturated rings. The fraction of sp³-hybridized carbons (Fsp3) is 0.941. The molecule has 0 aromatic rings. The third-order valence-electron chi connectivity index (χ3n) is 5.24. The average Bonchev–Trinajstić information content (AvgIpc) is 2.56. The van der Waals surface area contributed by atoms with E-state index < -0.39 is 0 Å². The van der Waals surface area contributed by atoms with Gasteiger partial charge < -0.3 is 15.0 Å². The van der Waals surface area contributed by atoms with Crippen LogP contribution in [0.4, 0.5) is 0 Å². The molecule has 1 aliphatic carbocycles. The molecule has 0 spiro atoms. The zero-order valence-electron chi connectivity index (χ0n) is 13.8. The van der Waals surface area contributed by atoms with E-state index in [2.05, 4.69) is 19.2 Å². The highest BCUT2D eigenvalue weighted by Gasteiger charge is 2.41. The number of ether oxygens (including phenoxy) is 1. The largest absolute Gasteiger partial charge is 0.381 e. The third kappa shape index (κ3) is 4.19. The van der Waals surface area contributed by atoms with E-state index in [0.717, 1.165) is 58.5 Å². The first kappa shape index (κ1) is 16.8. The van der Waals surface area contributed by atoms with Gasteiger partial charge >= 0.3 is 0 Å². The fourth-order valence-electron chi connectivity index (χ4n) is 3.73. The molecular weight excluding hydrogens is 264 g/mol. The van der Waals surface area contributed by atoms with Crippen molar-refractivity contribution in [2.45, 2.75) is 64.3 Å². The Balaban J connectivity index is 1.99. The number of nitrogens with one attached hydrogen (secondary N) is 1. The molecule has 0 unspecified atom stereocenters. The number of nitrogens with zero attached hydrogens (tertiary/aromatic N) is 1. The van der Waals surface area contributed by atoms with Crippen molar-refractivity contribution in [2.24, 2.45) is 5.92 Å². The molecule has 1 aliphatic heterocycles. The second-order valence-electron chi connectivity index (χ2n) is 6.56. The van der Waals surface area contributed by atoms with Gasteiger partial charge in [-0.05, 0) is 52.0 Å². The molecule has 2 aliphatic rings. The van der Waals surface area contributed by atoms with E-state index in [1.54, 1.807) is 0 Å². The first-order valence-electron chi connectivity index (χ1n) is 8.84. The molecule has 2 rings (SSSR count). The minimum Gasteiger partial charge on any atom is -0.381 e. The number of likely N-dealkylation sites (N-methyl/N-ethyl adjacent to an activating group) is 1. The third-order valence-corrected chi connectivity index (χ3v) is 5.24. The van der Waals surface area contributed by atoms with E-state index in [4.69, 9.17) is 4.74 Å². The van der Waals surface area contributed by atoms with Gasteiger partial charge in [-0.1, -0.05) is 19.3 Å². The molecule has 0 bridgehead atoms. The number of amides is 1. The zero-order valence-corrected chi connectivity index (χ0v) is 13.8. The van der Waals surface area contributed by atoms with Crippen LogP contribution in [0.1, 0.15) is 58.8 Å². The van der Waals surface area contributed by atoms with Crippen LogP contribution in [-0.4, -0.2) is 49.2 Å². The molecular formula is C17H32N2O2. The lowest BCUT2D eigenvalue weighted by Gasteiger charge is -2.41. The van der Waals surface area contributed by atoms with Crippen molar-refractivity contribution in [3.8, 4) is 0 Å². The minimum atomic E-state index is -0.289. The standard InChI is InChI=1S/C17H32N2O2/c1-3-19(4-2)16(20)17(10-6-5-7-11-17)18-14-15-8-12-21-13-9-15/h15,18H,3-14H2,1-2H3. The van der Waals surface area contributed by atoms with Crippen molar-refractivity contribution < 1.29 is 9.53 Å². The molecule has 0 aromatic carbocycles. The molecule has 0 radical (unpaired) electrons. The SMILES string of the molecule is CCN(CC)C(=O)C1(NCC2CCOCC2)CCCCC1. The Morgan fingerprint density at radius 1 is 1.14 bits per heavy atom. The second kappa shape index (κ2) is 8.14. The number of carbonyl (C=O) groups is 1. The van der Waals surface area contributed by atoms with Gasteiger partial charge in [0.05, 0.1) is 5.54 Å². The average molecular weight is 296 g/mol. The monoisotopic (exact) mass is 296 g/mol. The predicted octanol–water partition coefficient (Wildman–Crippen LogP) is 2.57. The summed E-state index contributed by atoms with van der Waals surface area (Å²) >= 11 is 0. The highest BCUT2D eigenvalue weighted by Crippen LogP contribution is 2.31. The van der Waals surface area contributed by atoms with Crippen LogP contribution in [0.3, 0.4) is 0 Å². The maximum absolute atomic E-state index is 13.0. The Labute approximate surface area is 129 Å².